The first-order chi connectivity index (χ1) is 9.86. The molecule has 0 spiro atoms. The van der Waals surface area contributed by atoms with Crippen molar-refractivity contribution in [1.29, 1.82) is 0 Å². The molecule has 0 saturated carbocycles. The maximum atomic E-state index is 2.35. The van der Waals surface area contributed by atoms with Crippen LogP contribution in [0.25, 0.3) is 0 Å². The molecule has 0 heterocycles. The Hall–Kier alpha value is -1.56. The van der Waals surface area contributed by atoms with Crippen LogP contribution in [0.15, 0.2) is 60.7 Å². The van der Waals surface area contributed by atoms with E-state index in [2.05, 4.69) is 67.6 Å². The average Bonchev–Trinajstić information content (AvgIpc) is 2.52. The quantitative estimate of drug-likeness (QED) is 0.515. The summed E-state index contributed by atoms with van der Waals surface area (Å²) in [6.45, 7) is 2.35. The summed E-state index contributed by atoms with van der Waals surface area (Å²) in [5, 5.41) is 0. The molecule has 0 nitrogen and oxygen atoms in total. The van der Waals surface area contributed by atoms with E-state index in [4.69, 9.17) is 0 Å². The van der Waals surface area contributed by atoms with Crippen LogP contribution in [0.5, 0.6) is 0 Å². The lowest BCUT2D eigenvalue weighted by Crippen LogP contribution is -1.93. The monoisotopic (exact) mass is 266 g/mol. The third kappa shape index (κ3) is 5.21. The molecule has 2 aromatic carbocycles. The molecule has 0 aliphatic heterocycles. The van der Waals surface area contributed by atoms with E-state index in [-0.39, 0.29) is 0 Å². The van der Waals surface area contributed by atoms with Crippen LogP contribution in [0, 0.1) is 0 Å². The van der Waals surface area contributed by atoms with Gasteiger partial charge in [-0.3, -0.25) is 0 Å². The Morgan fingerprint density at radius 1 is 0.700 bits per heavy atom. The number of benzene rings is 2. The molecule has 0 radical (unpaired) electrons. The molecule has 2 rings (SSSR count). The van der Waals surface area contributed by atoms with Gasteiger partial charge in [-0.05, 0) is 36.3 Å². The molecular weight excluding hydrogens is 240 g/mol. The first-order valence-corrected chi connectivity index (χ1v) is 7.95. The summed E-state index contributed by atoms with van der Waals surface area (Å²) in [6.07, 6.45) is 7.94. The maximum Gasteiger partial charge on any atom is -0.0190 e. The summed E-state index contributed by atoms with van der Waals surface area (Å²) in [5.41, 5.74) is 2.96. The van der Waals surface area contributed by atoms with Crippen LogP contribution in [0.4, 0.5) is 0 Å². The molecule has 2 aromatic rings. The van der Waals surface area contributed by atoms with Gasteiger partial charge in [0, 0.05) is 0 Å². The molecule has 0 aliphatic carbocycles. The van der Waals surface area contributed by atoms with E-state index < -0.39 is 0 Å². The lowest BCUT2D eigenvalue weighted by molar-refractivity contribution is 0.570. The zero-order valence-electron chi connectivity index (χ0n) is 12.6. The Kier molecular flexibility index (Phi) is 6.37. The van der Waals surface area contributed by atoms with Crippen LogP contribution in [-0.4, -0.2) is 0 Å². The van der Waals surface area contributed by atoms with Gasteiger partial charge in [-0.25, -0.2) is 0 Å². The lowest BCUT2D eigenvalue weighted by atomic mass is 9.94. The molecule has 0 heteroatoms. The van der Waals surface area contributed by atoms with Crippen molar-refractivity contribution in [1.82, 2.24) is 0 Å². The molecule has 0 amide bonds. The lowest BCUT2D eigenvalue weighted by Gasteiger charge is -2.11. The highest BCUT2D eigenvalue weighted by Gasteiger charge is 2.03. The topological polar surface area (TPSA) is 0 Å². The number of aryl methyl sites for hydroxylation is 1. The molecule has 1 unspecified atom stereocenters. The maximum absolute atomic E-state index is 2.35. The van der Waals surface area contributed by atoms with Crippen molar-refractivity contribution < 1.29 is 0 Å². The Morgan fingerprint density at radius 2 is 1.30 bits per heavy atom. The molecule has 20 heavy (non-hydrogen) atoms. The van der Waals surface area contributed by atoms with Gasteiger partial charge in [-0.2, -0.15) is 0 Å². The minimum absolute atomic E-state index is 0.699. The number of rotatable bonds is 8. The second-order valence-corrected chi connectivity index (χ2v) is 5.75. The molecular formula is C20H26. The second kappa shape index (κ2) is 8.58. The van der Waals surface area contributed by atoms with Gasteiger partial charge in [-0.15, -0.1) is 0 Å². The number of hydrogen-bond donors (Lipinski definition) is 0. The fraction of sp³-hybridized carbons (Fsp3) is 0.400. The van der Waals surface area contributed by atoms with E-state index in [0.717, 1.165) is 0 Å². The first kappa shape index (κ1) is 14.8. The predicted octanol–water partition coefficient (Wildman–Crippen LogP) is 5.98. The minimum atomic E-state index is 0.699. The van der Waals surface area contributed by atoms with Gasteiger partial charge in [0.25, 0.3) is 0 Å². The highest BCUT2D eigenvalue weighted by atomic mass is 14.1. The Bertz CT molecular complexity index is 458. The minimum Gasteiger partial charge on any atom is -0.0622 e. The van der Waals surface area contributed by atoms with Crippen molar-refractivity contribution in [2.45, 2.75) is 51.4 Å². The fourth-order valence-corrected chi connectivity index (χ4v) is 2.73. The summed E-state index contributed by atoms with van der Waals surface area (Å²) in [6, 6.07) is 21.7. The highest BCUT2D eigenvalue weighted by Crippen LogP contribution is 2.21. The Labute approximate surface area is 123 Å². The molecule has 106 valence electrons. The standard InChI is InChI=1S/C20H26/c1-18(20-16-10-5-11-17-20)12-6-2-3-7-13-19-14-8-4-9-15-19/h4-5,8-11,14-18H,2-3,6-7,12-13H2,1H3. The molecule has 0 aromatic heterocycles. The van der Waals surface area contributed by atoms with Crippen molar-refractivity contribution in [3.05, 3.63) is 71.8 Å². The number of unbranched alkanes of at least 4 members (excludes halogenated alkanes) is 3. The van der Waals surface area contributed by atoms with Gasteiger partial charge in [0.15, 0.2) is 0 Å². The normalized spacial score (nSPS) is 12.2. The Balaban J connectivity index is 1.56. The second-order valence-electron chi connectivity index (χ2n) is 5.75. The summed E-state index contributed by atoms with van der Waals surface area (Å²) in [5.74, 6) is 0.699. The Morgan fingerprint density at radius 3 is 2.00 bits per heavy atom. The van der Waals surface area contributed by atoms with E-state index >= 15 is 0 Å². The number of hydrogen-bond acceptors (Lipinski definition) is 0. The van der Waals surface area contributed by atoms with Gasteiger partial charge in [-0.1, -0.05) is 86.8 Å². The van der Waals surface area contributed by atoms with Crippen LogP contribution in [0.3, 0.4) is 0 Å². The van der Waals surface area contributed by atoms with Crippen molar-refractivity contribution in [2.24, 2.45) is 0 Å². The average molecular weight is 266 g/mol. The summed E-state index contributed by atoms with van der Waals surface area (Å²) >= 11 is 0. The van der Waals surface area contributed by atoms with Gasteiger partial charge < -0.3 is 0 Å². The third-order valence-electron chi connectivity index (χ3n) is 4.06. The zero-order valence-corrected chi connectivity index (χ0v) is 12.6. The van der Waals surface area contributed by atoms with Crippen LogP contribution in [-0.2, 0) is 6.42 Å². The van der Waals surface area contributed by atoms with E-state index in [1.54, 1.807) is 0 Å². The smallest absolute Gasteiger partial charge is 0.0190 e. The molecule has 0 bridgehead atoms. The SMILES string of the molecule is CC(CCCCCCc1ccccc1)c1ccccc1. The molecule has 1 atom stereocenters. The van der Waals surface area contributed by atoms with E-state index in [1.807, 2.05) is 0 Å². The van der Waals surface area contributed by atoms with Crippen LogP contribution in [0.1, 0.15) is 56.1 Å². The largest absolute Gasteiger partial charge is 0.0622 e. The fourth-order valence-electron chi connectivity index (χ4n) is 2.73. The van der Waals surface area contributed by atoms with Gasteiger partial charge in [0.2, 0.25) is 0 Å². The highest BCUT2D eigenvalue weighted by molar-refractivity contribution is 5.18. The predicted molar refractivity (Wildman–Crippen MR) is 88.1 cm³/mol. The summed E-state index contributed by atoms with van der Waals surface area (Å²) in [4.78, 5) is 0. The van der Waals surface area contributed by atoms with Crippen LogP contribution >= 0.6 is 0 Å². The molecule has 0 saturated heterocycles. The summed E-state index contributed by atoms with van der Waals surface area (Å²) < 4.78 is 0. The van der Waals surface area contributed by atoms with Crippen molar-refractivity contribution in [3.63, 3.8) is 0 Å². The van der Waals surface area contributed by atoms with Crippen molar-refractivity contribution in [3.8, 4) is 0 Å². The zero-order chi connectivity index (χ0) is 14.0. The van der Waals surface area contributed by atoms with E-state index in [9.17, 15) is 0 Å². The molecule has 0 fully saturated rings. The van der Waals surface area contributed by atoms with Gasteiger partial charge >= 0.3 is 0 Å². The molecule has 0 aliphatic rings. The molecule has 0 N–H and O–H groups in total. The third-order valence-corrected chi connectivity index (χ3v) is 4.06. The first-order valence-electron chi connectivity index (χ1n) is 7.95. The van der Waals surface area contributed by atoms with Crippen LogP contribution in [0.2, 0.25) is 0 Å². The van der Waals surface area contributed by atoms with Crippen LogP contribution < -0.4 is 0 Å². The van der Waals surface area contributed by atoms with Gasteiger partial charge in [0.05, 0.1) is 0 Å². The van der Waals surface area contributed by atoms with Crippen molar-refractivity contribution >= 4 is 0 Å². The van der Waals surface area contributed by atoms with E-state index in [1.165, 1.54) is 49.7 Å². The van der Waals surface area contributed by atoms with Crippen molar-refractivity contribution in [2.75, 3.05) is 0 Å². The summed E-state index contributed by atoms with van der Waals surface area (Å²) in [7, 11) is 0. The van der Waals surface area contributed by atoms with E-state index in [0.29, 0.717) is 5.92 Å². The van der Waals surface area contributed by atoms with Gasteiger partial charge in [0.1, 0.15) is 0 Å².